The molecule has 1 heterocycles. The Hall–Kier alpha value is -2.14. The highest BCUT2D eigenvalue weighted by Crippen LogP contribution is 2.27. The third-order valence-electron chi connectivity index (χ3n) is 2.32. The maximum absolute atomic E-state index is 13.6. The number of hydrogen-bond donors (Lipinski definition) is 1. The maximum atomic E-state index is 13.6. The molecule has 6 nitrogen and oxygen atoms in total. The van der Waals surface area contributed by atoms with E-state index in [1.807, 2.05) is 0 Å². The monoisotopic (exact) mass is 338 g/mol. The van der Waals surface area contributed by atoms with Crippen LogP contribution >= 0.6 is 11.5 Å². The summed E-state index contributed by atoms with van der Waals surface area (Å²) >= 11 is 0.759. The van der Waals surface area contributed by atoms with E-state index >= 15 is 0 Å². The van der Waals surface area contributed by atoms with Crippen LogP contribution < -0.4 is 4.31 Å². The van der Waals surface area contributed by atoms with E-state index in [0.717, 1.165) is 17.6 Å². The molecule has 0 bridgehead atoms. The summed E-state index contributed by atoms with van der Waals surface area (Å²) < 4.78 is 67.1. The summed E-state index contributed by atoms with van der Waals surface area (Å²) in [6, 6.07) is 1.88. The summed E-state index contributed by atoms with van der Waals surface area (Å²) in [6.45, 7) is 0. The van der Waals surface area contributed by atoms with Crippen LogP contribution in [0.1, 0.15) is 0 Å². The predicted octanol–water partition coefficient (Wildman–Crippen LogP) is 2.43. The van der Waals surface area contributed by atoms with Gasteiger partial charge in [-0.2, -0.15) is 4.37 Å². The van der Waals surface area contributed by atoms with Crippen LogP contribution in [0, 0.1) is 17.5 Å². The molecule has 1 aromatic carbocycles. The Kier molecular flexibility index (Phi) is 3.87. The fraction of sp³-hybridized carbons (Fsp3) is 0. The van der Waals surface area contributed by atoms with Crippen molar-refractivity contribution in [2.45, 2.75) is 4.90 Å². The zero-order chi connectivity index (χ0) is 15.8. The molecule has 1 N–H and O–H groups in total. The number of sulfonamides is 1. The Balaban J connectivity index is 2.66. The molecule has 1 amide bonds. The van der Waals surface area contributed by atoms with Crippen LogP contribution in [0.5, 0.6) is 0 Å². The van der Waals surface area contributed by atoms with Gasteiger partial charge < -0.3 is 5.11 Å². The summed E-state index contributed by atoms with van der Waals surface area (Å²) in [4.78, 5) is 9.79. The lowest BCUT2D eigenvalue weighted by atomic mass is 10.3. The van der Waals surface area contributed by atoms with Gasteiger partial charge in [0.1, 0.15) is 4.90 Å². The minimum Gasteiger partial charge on any atom is -0.464 e. The number of anilines is 1. The van der Waals surface area contributed by atoms with E-state index in [-0.39, 0.29) is 4.31 Å². The number of amides is 1. The summed E-state index contributed by atoms with van der Waals surface area (Å²) in [7, 11) is -5.00. The van der Waals surface area contributed by atoms with E-state index < -0.39 is 44.3 Å². The van der Waals surface area contributed by atoms with E-state index in [9.17, 15) is 26.4 Å². The van der Waals surface area contributed by atoms with Gasteiger partial charge >= 0.3 is 6.09 Å². The average Bonchev–Trinajstić information content (AvgIpc) is 2.88. The van der Waals surface area contributed by atoms with Gasteiger partial charge in [-0.15, -0.1) is 4.31 Å². The molecule has 0 saturated carbocycles. The molecule has 0 aliphatic heterocycles. The molecule has 0 saturated heterocycles. The minimum absolute atomic E-state index is 0.223. The fourth-order valence-corrected chi connectivity index (χ4v) is 3.29. The molecule has 21 heavy (non-hydrogen) atoms. The summed E-state index contributed by atoms with van der Waals surface area (Å²) in [5.74, 6) is -6.12. The number of benzene rings is 1. The van der Waals surface area contributed by atoms with Gasteiger partial charge in [-0.3, -0.25) is 0 Å². The van der Waals surface area contributed by atoms with Gasteiger partial charge in [-0.1, -0.05) is 0 Å². The number of nitrogens with zero attached hydrogens (tertiary/aromatic N) is 2. The lowest BCUT2D eigenvalue weighted by molar-refractivity contribution is 0.206. The lowest BCUT2D eigenvalue weighted by Crippen LogP contribution is -2.36. The summed E-state index contributed by atoms with van der Waals surface area (Å²) in [5, 5.41) is 10.3. The minimum atomic E-state index is -5.00. The highest BCUT2D eigenvalue weighted by Gasteiger charge is 2.36. The topological polar surface area (TPSA) is 87.6 Å². The molecule has 2 aromatic rings. The number of halogens is 3. The van der Waals surface area contributed by atoms with Crippen LogP contribution in [0.3, 0.4) is 0 Å². The smallest absolute Gasteiger partial charge is 0.427 e. The summed E-state index contributed by atoms with van der Waals surface area (Å²) in [5.41, 5.74) is 0. The van der Waals surface area contributed by atoms with Crippen LogP contribution in [0.2, 0.25) is 0 Å². The van der Waals surface area contributed by atoms with Crippen LogP contribution in [-0.4, -0.2) is 24.0 Å². The molecule has 0 radical (unpaired) electrons. The molecule has 0 fully saturated rings. The molecule has 0 unspecified atom stereocenters. The van der Waals surface area contributed by atoms with Gasteiger partial charge in [0.2, 0.25) is 0 Å². The SMILES string of the molecule is O=C(O)N(c1ccsn1)S(=O)(=O)c1ccc(F)c(F)c1F. The second kappa shape index (κ2) is 5.33. The van der Waals surface area contributed by atoms with E-state index in [2.05, 4.69) is 4.37 Å². The number of aromatic nitrogens is 1. The first kappa shape index (κ1) is 15.3. The van der Waals surface area contributed by atoms with Gasteiger partial charge in [0.25, 0.3) is 10.0 Å². The molecule has 0 atom stereocenters. The van der Waals surface area contributed by atoms with Crippen molar-refractivity contribution >= 4 is 33.5 Å². The van der Waals surface area contributed by atoms with Crippen LogP contribution in [-0.2, 0) is 10.0 Å². The highest BCUT2D eigenvalue weighted by atomic mass is 32.2. The van der Waals surface area contributed by atoms with E-state index in [4.69, 9.17) is 5.11 Å². The molecule has 112 valence electrons. The molecule has 0 spiro atoms. The van der Waals surface area contributed by atoms with Crippen molar-refractivity contribution in [3.63, 3.8) is 0 Å². The number of hydrogen-bond acceptors (Lipinski definition) is 5. The van der Waals surface area contributed by atoms with Gasteiger partial charge in [-0.05, 0) is 29.7 Å². The van der Waals surface area contributed by atoms with E-state index in [1.165, 1.54) is 5.38 Å². The zero-order valence-electron chi connectivity index (χ0n) is 9.83. The normalized spacial score (nSPS) is 11.4. The molecule has 0 aliphatic carbocycles. The second-order valence-electron chi connectivity index (χ2n) is 3.58. The quantitative estimate of drug-likeness (QED) is 0.869. The maximum Gasteiger partial charge on any atom is 0.427 e. The Morgan fingerprint density at radius 3 is 2.38 bits per heavy atom. The number of carbonyl (C=O) groups is 1. The first-order chi connectivity index (χ1) is 9.76. The third-order valence-corrected chi connectivity index (χ3v) is 4.57. The van der Waals surface area contributed by atoms with Crippen LogP contribution in [0.15, 0.2) is 28.5 Å². The Morgan fingerprint density at radius 1 is 1.19 bits per heavy atom. The molecule has 1 aromatic heterocycles. The van der Waals surface area contributed by atoms with E-state index in [0.29, 0.717) is 12.1 Å². The fourth-order valence-electron chi connectivity index (χ4n) is 1.44. The average molecular weight is 338 g/mol. The lowest BCUT2D eigenvalue weighted by Gasteiger charge is -2.17. The molecular formula is C10H5F3N2O4S2. The largest absolute Gasteiger partial charge is 0.464 e. The van der Waals surface area contributed by atoms with Crippen molar-refractivity contribution < 1.29 is 31.5 Å². The zero-order valence-corrected chi connectivity index (χ0v) is 11.5. The van der Waals surface area contributed by atoms with Crippen molar-refractivity contribution in [1.82, 2.24) is 4.37 Å². The van der Waals surface area contributed by atoms with E-state index in [1.54, 1.807) is 0 Å². The van der Waals surface area contributed by atoms with Crippen molar-refractivity contribution in [2.75, 3.05) is 4.31 Å². The number of carboxylic acid groups (broad SMARTS) is 1. The molecule has 11 heteroatoms. The van der Waals surface area contributed by atoms with Gasteiger partial charge in [0.05, 0.1) is 0 Å². The second-order valence-corrected chi connectivity index (χ2v) is 6.00. The number of rotatable bonds is 3. The van der Waals surface area contributed by atoms with Crippen LogP contribution in [0.25, 0.3) is 0 Å². The van der Waals surface area contributed by atoms with Gasteiger partial charge in [0, 0.05) is 5.38 Å². The highest BCUT2D eigenvalue weighted by molar-refractivity contribution is 7.93. The summed E-state index contributed by atoms with van der Waals surface area (Å²) in [6.07, 6.45) is -1.97. The van der Waals surface area contributed by atoms with Crippen molar-refractivity contribution in [3.05, 3.63) is 41.0 Å². The van der Waals surface area contributed by atoms with Crippen molar-refractivity contribution in [2.24, 2.45) is 0 Å². The molecular weight excluding hydrogens is 333 g/mol. The predicted molar refractivity (Wildman–Crippen MR) is 66.1 cm³/mol. The third kappa shape index (κ3) is 2.56. The molecule has 2 rings (SSSR count). The first-order valence-corrected chi connectivity index (χ1v) is 7.36. The van der Waals surface area contributed by atoms with Crippen LogP contribution in [0.4, 0.5) is 23.8 Å². The Labute approximate surface area is 120 Å². The van der Waals surface area contributed by atoms with Gasteiger partial charge in [0.15, 0.2) is 23.3 Å². The standard InChI is InChI=1S/C10H5F3N2O4S2/c11-5-1-2-6(9(13)8(5)12)21(18,19)15(10(16)17)7-3-4-20-14-7/h1-4H,(H,16,17). The Morgan fingerprint density at radius 2 is 1.86 bits per heavy atom. The van der Waals surface area contributed by atoms with Gasteiger partial charge in [-0.25, -0.2) is 26.4 Å². The van der Waals surface area contributed by atoms with Crippen molar-refractivity contribution in [3.8, 4) is 0 Å². The Bertz CT molecular complexity index is 793. The first-order valence-electron chi connectivity index (χ1n) is 5.09. The van der Waals surface area contributed by atoms with Crippen molar-refractivity contribution in [1.29, 1.82) is 0 Å². The molecule has 0 aliphatic rings.